The second-order valence-corrected chi connectivity index (χ2v) is 11.9. The molecule has 7 atom stereocenters. The van der Waals surface area contributed by atoms with E-state index in [0.717, 1.165) is 49.9 Å². The summed E-state index contributed by atoms with van der Waals surface area (Å²) in [6, 6.07) is 0. The normalized spacial score (nSPS) is 43.0. The van der Waals surface area contributed by atoms with Crippen LogP contribution in [0.25, 0.3) is 0 Å². The molecule has 0 spiro atoms. The predicted molar refractivity (Wildman–Crippen MR) is 118 cm³/mol. The molecule has 4 aliphatic rings. The van der Waals surface area contributed by atoms with Gasteiger partial charge in [0.2, 0.25) is 0 Å². The molecular weight excluding hydrogens is 356 g/mol. The van der Waals surface area contributed by atoms with Crippen LogP contribution in [-0.4, -0.2) is 12.1 Å². The lowest BCUT2D eigenvalue weighted by Crippen LogP contribution is -2.51. The standard InChI is InChI=1S/C27H42O2/c1-17(2)6-7-20-23-9-8-19-22-11-10-21(18(3)16-28)26(22,4)14-12-24(19)27(23,5)15-13-25(20)29/h16-19,21-22,24H,6-15H2,1-5H3/t18-,19?,21?,22?,24?,26-,27+/m1/s1. The first-order valence-corrected chi connectivity index (χ1v) is 12.4. The third-order valence-electron chi connectivity index (χ3n) is 10.1. The molecule has 0 bridgehead atoms. The molecule has 4 aliphatic carbocycles. The van der Waals surface area contributed by atoms with Gasteiger partial charge in [0.05, 0.1) is 0 Å². The summed E-state index contributed by atoms with van der Waals surface area (Å²) in [7, 11) is 0. The molecule has 4 rings (SSSR count). The number of carbonyl (C=O) groups is 2. The molecule has 0 saturated heterocycles. The Morgan fingerprint density at radius 2 is 1.76 bits per heavy atom. The summed E-state index contributed by atoms with van der Waals surface area (Å²) in [5.41, 5.74) is 3.40. The van der Waals surface area contributed by atoms with Crippen LogP contribution in [0.2, 0.25) is 0 Å². The number of aldehydes is 1. The van der Waals surface area contributed by atoms with E-state index in [1.165, 1.54) is 44.0 Å². The van der Waals surface area contributed by atoms with Crippen LogP contribution < -0.4 is 0 Å². The van der Waals surface area contributed by atoms with Crippen molar-refractivity contribution in [3.63, 3.8) is 0 Å². The van der Waals surface area contributed by atoms with Crippen LogP contribution in [0, 0.1) is 46.3 Å². The summed E-state index contributed by atoms with van der Waals surface area (Å²) in [6.07, 6.45) is 12.7. The fourth-order valence-corrected chi connectivity index (χ4v) is 8.55. The van der Waals surface area contributed by atoms with Crippen molar-refractivity contribution in [2.45, 2.75) is 98.8 Å². The first-order chi connectivity index (χ1) is 13.7. The fraction of sp³-hybridized carbons (Fsp3) is 0.852. The molecule has 0 heterocycles. The Kier molecular flexibility index (Phi) is 5.62. The summed E-state index contributed by atoms with van der Waals surface area (Å²) >= 11 is 0. The maximum Gasteiger partial charge on any atom is 0.158 e. The van der Waals surface area contributed by atoms with Crippen LogP contribution in [0.3, 0.4) is 0 Å². The van der Waals surface area contributed by atoms with Gasteiger partial charge in [0.25, 0.3) is 0 Å². The summed E-state index contributed by atoms with van der Waals surface area (Å²) in [6.45, 7) is 11.7. The van der Waals surface area contributed by atoms with E-state index in [2.05, 4.69) is 34.6 Å². The number of hydrogen-bond acceptors (Lipinski definition) is 2. The van der Waals surface area contributed by atoms with Crippen LogP contribution in [0.4, 0.5) is 0 Å². The van der Waals surface area contributed by atoms with E-state index in [-0.39, 0.29) is 11.3 Å². The molecule has 29 heavy (non-hydrogen) atoms. The van der Waals surface area contributed by atoms with Crippen molar-refractivity contribution >= 4 is 12.1 Å². The molecule has 2 heteroatoms. The van der Waals surface area contributed by atoms with Crippen molar-refractivity contribution < 1.29 is 9.59 Å². The number of hydrogen-bond donors (Lipinski definition) is 0. The second-order valence-electron chi connectivity index (χ2n) is 11.9. The Labute approximate surface area is 178 Å². The Morgan fingerprint density at radius 1 is 1.00 bits per heavy atom. The number of Topliss-reactive ketones (excluding diaryl/α,β-unsaturated/α-hetero) is 1. The van der Waals surface area contributed by atoms with Crippen molar-refractivity contribution in [3.05, 3.63) is 11.1 Å². The first-order valence-electron chi connectivity index (χ1n) is 12.4. The molecule has 0 aromatic heterocycles. The lowest BCUT2D eigenvalue weighted by atomic mass is 9.46. The molecule has 3 fully saturated rings. The molecule has 0 amide bonds. The summed E-state index contributed by atoms with van der Waals surface area (Å²) in [5.74, 6) is 4.21. The zero-order valence-corrected chi connectivity index (χ0v) is 19.4. The molecule has 0 N–H and O–H groups in total. The highest BCUT2D eigenvalue weighted by Crippen LogP contribution is 2.67. The number of allylic oxidation sites excluding steroid dienone is 1. The minimum absolute atomic E-state index is 0.200. The average molecular weight is 399 g/mol. The van der Waals surface area contributed by atoms with E-state index < -0.39 is 0 Å². The van der Waals surface area contributed by atoms with Crippen LogP contribution >= 0.6 is 0 Å². The summed E-state index contributed by atoms with van der Waals surface area (Å²) in [5, 5.41) is 0. The van der Waals surface area contributed by atoms with Gasteiger partial charge in [-0.2, -0.15) is 0 Å². The van der Waals surface area contributed by atoms with Crippen molar-refractivity contribution in [2.75, 3.05) is 0 Å². The Balaban J connectivity index is 1.63. The van der Waals surface area contributed by atoms with E-state index in [0.29, 0.717) is 23.0 Å². The lowest BCUT2D eigenvalue weighted by molar-refractivity contribution is -0.119. The maximum absolute atomic E-state index is 12.9. The molecule has 0 radical (unpaired) electrons. The van der Waals surface area contributed by atoms with Crippen molar-refractivity contribution in [2.24, 2.45) is 46.3 Å². The quantitative estimate of drug-likeness (QED) is 0.479. The smallest absolute Gasteiger partial charge is 0.158 e. The topological polar surface area (TPSA) is 34.1 Å². The maximum atomic E-state index is 12.9. The highest BCUT2D eigenvalue weighted by molar-refractivity contribution is 5.97. The summed E-state index contributed by atoms with van der Waals surface area (Å²) < 4.78 is 0. The highest BCUT2D eigenvalue weighted by atomic mass is 16.1. The van der Waals surface area contributed by atoms with Crippen molar-refractivity contribution in [3.8, 4) is 0 Å². The number of fused-ring (bicyclic) bond motifs is 5. The van der Waals surface area contributed by atoms with Crippen molar-refractivity contribution in [1.82, 2.24) is 0 Å². The molecule has 3 saturated carbocycles. The van der Waals surface area contributed by atoms with E-state index in [1.54, 1.807) is 5.57 Å². The van der Waals surface area contributed by atoms with E-state index in [9.17, 15) is 9.59 Å². The van der Waals surface area contributed by atoms with Gasteiger partial charge in [-0.1, -0.05) is 40.2 Å². The van der Waals surface area contributed by atoms with Crippen molar-refractivity contribution in [1.29, 1.82) is 0 Å². The van der Waals surface area contributed by atoms with Gasteiger partial charge in [0.1, 0.15) is 6.29 Å². The number of ketones is 1. The molecule has 162 valence electrons. The lowest BCUT2D eigenvalue weighted by Gasteiger charge is -2.59. The van der Waals surface area contributed by atoms with Gasteiger partial charge in [0.15, 0.2) is 5.78 Å². The van der Waals surface area contributed by atoms with Crippen LogP contribution in [0.1, 0.15) is 98.8 Å². The van der Waals surface area contributed by atoms with Gasteiger partial charge in [0, 0.05) is 12.3 Å². The molecule has 0 aliphatic heterocycles. The van der Waals surface area contributed by atoms with E-state index >= 15 is 0 Å². The Bertz CT molecular complexity index is 703. The second kappa shape index (κ2) is 7.65. The Hall–Kier alpha value is -0.920. The molecule has 0 aromatic rings. The Morgan fingerprint density at radius 3 is 2.45 bits per heavy atom. The van der Waals surface area contributed by atoms with Crippen LogP contribution in [0.5, 0.6) is 0 Å². The van der Waals surface area contributed by atoms with E-state index in [4.69, 9.17) is 0 Å². The van der Waals surface area contributed by atoms with Gasteiger partial charge in [-0.25, -0.2) is 0 Å². The largest absolute Gasteiger partial charge is 0.303 e. The zero-order chi connectivity index (χ0) is 21.0. The zero-order valence-electron chi connectivity index (χ0n) is 19.4. The monoisotopic (exact) mass is 398 g/mol. The van der Waals surface area contributed by atoms with Gasteiger partial charge < -0.3 is 4.79 Å². The van der Waals surface area contributed by atoms with Gasteiger partial charge in [-0.3, -0.25) is 4.79 Å². The highest BCUT2D eigenvalue weighted by Gasteiger charge is 2.59. The summed E-state index contributed by atoms with van der Waals surface area (Å²) in [4.78, 5) is 24.4. The fourth-order valence-electron chi connectivity index (χ4n) is 8.55. The number of rotatable bonds is 5. The minimum atomic E-state index is 0.200. The van der Waals surface area contributed by atoms with Gasteiger partial charge in [-0.05, 0) is 104 Å². The van der Waals surface area contributed by atoms with Gasteiger partial charge >= 0.3 is 0 Å². The SMILES string of the molecule is CC(C)CCC1=C2CCC3C4CCC([C@H](C)C=O)[C@@]4(C)CCC3[C@@]2(C)CCC1=O. The van der Waals surface area contributed by atoms with Gasteiger partial charge in [-0.15, -0.1) is 0 Å². The minimum Gasteiger partial charge on any atom is -0.303 e. The average Bonchev–Trinajstić information content (AvgIpc) is 3.04. The predicted octanol–water partition coefficient (Wildman–Crippen LogP) is 6.78. The molecule has 0 aromatic carbocycles. The first kappa shape index (κ1) is 21.3. The van der Waals surface area contributed by atoms with E-state index in [1.807, 2.05) is 0 Å². The number of carbonyl (C=O) groups excluding carboxylic acids is 2. The third kappa shape index (κ3) is 3.28. The van der Waals surface area contributed by atoms with Crippen LogP contribution in [-0.2, 0) is 9.59 Å². The third-order valence-corrected chi connectivity index (χ3v) is 10.1. The molecular formula is C27H42O2. The molecule has 2 nitrogen and oxygen atoms in total. The van der Waals surface area contributed by atoms with Crippen LogP contribution in [0.15, 0.2) is 11.1 Å². The molecule has 4 unspecified atom stereocenters.